The average molecular weight is 374 g/mol. The summed E-state index contributed by atoms with van der Waals surface area (Å²) in [5, 5.41) is 13.9. The molecule has 3 aromatic rings. The number of aliphatic hydroxyl groups is 1. The Kier molecular flexibility index (Phi) is 4.42. The molecule has 0 spiro atoms. The van der Waals surface area contributed by atoms with Crippen LogP contribution in [0.4, 0.5) is 11.8 Å². The number of nitrogens with zero attached hydrogens (tertiary/aromatic N) is 3. The fraction of sp³-hybridized carbons (Fsp3) is 0.389. The van der Waals surface area contributed by atoms with E-state index in [4.69, 9.17) is 21.8 Å². The number of pyridine rings is 1. The van der Waals surface area contributed by atoms with Crippen molar-refractivity contribution < 1.29 is 9.52 Å². The summed E-state index contributed by atoms with van der Waals surface area (Å²) in [6.45, 7) is 2.13. The maximum absolute atomic E-state index is 9.36. The molecule has 0 saturated heterocycles. The molecule has 8 heteroatoms. The number of aryl methyl sites for hydroxylation is 1. The first-order chi connectivity index (χ1) is 12.5. The van der Waals surface area contributed by atoms with E-state index in [1.54, 1.807) is 6.20 Å². The zero-order valence-corrected chi connectivity index (χ0v) is 15.1. The van der Waals surface area contributed by atoms with Crippen LogP contribution < -0.4 is 11.1 Å². The van der Waals surface area contributed by atoms with Gasteiger partial charge >= 0.3 is 0 Å². The minimum atomic E-state index is 0.103. The topological polar surface area (TPSA) is 110 Å². The number of hydrogen-bond acceptors (Lipinski definition) is 7. The molecule has 1 saturated carbocycles. The van der Waals surface area contributed by atoms with Gasteiger partial charge in [0.1, 0.15) is 16.7 Å². The zero-order chi connectivity index (χ0) is 18.3. The number of nitrogens with two attached hydrogens (primary N) is 1. The number of hydrogen-bond donors (Lipinski definition) is 3. The van der Waals surface area contributed by atoms with Crippen molar-refractivity contribution in [2.75, 3.05) is 17.7 Å². The summed E-state index contributed by atoms with van der Waals surface area (Å²) in [5.74, 6) is 1.53. The van der Waals surface area contributed by atoms with Gasteiger partial charge in [-0.25, -0.2) is 4.98 Å². The van der Waals surface area contributed by atoms with Gasteiger partial charge in [0, 0.05) is 23.7 Å². The van der Waals surface area contributed by atoms with Crippen LogP contribution in [0.3, 0.4) is 0 Å². The highest BCUT2D eigenvalue weighted by Gasteiger charge is 2.27. The number of aromatic nitrogens is 3. The van der Waals surface area contributed by atoms with Crippen molar-refractivity contribution in [1.82, 2.24) is 15.0 Å². The Morgan fingerprint density at radius 3 is 2.96 bits per heavy atom. The van der Waals surface area contributed by atoms with E-state index in [1.165, 1.54) is 0 Å². The fourth-order valence-electron chi connectivity index (χ4n) is 3.52. The molecular weight excluding hydrogens is 354 g/mol. The lowest BCUT2D eigenvalue weighted by molar-refractivity contribution is 0.229. The van der Waals surface area contributed by atoms with Gasteiger partial charge in [-0.1, -0.05) is 11.6 Å². The summed E-state index contributed by atoms with van der Waals surface area (Å²) in [6.07, 6.45) is 4.50. The normalized spacial score (nSPS) is 20.0. The first-order valence-electron chi connectivity index (χ1n) is 8.60. The van der Waals surface area contributed by atoms with Crippen LogP contribution in [0.1, 0.15) is 25.0 Å². The second kappa shape index (κ2) is 6.74. The Hall–Kier alpha value is -2.38. The summed E-state index contributed by atoms with van der Waals surface area (Å²) in [7, 11) is 0. The van der Waals surface area contributed by atoms with Crippen LogP contribution in [0.2, 0.25) is 5.15 Å². The maximum Gasteiger partial charge on any atom is 0.223 e. The van der Waals surface area contributed by atoms with Crippen molar-refractivity contribution in [3.05, 3.63) is 29.2 Å². The first-order valence-corrected chi connectivity index (χ1v) is 8.98. The smallest absolute Gasteiger partial charge is 0.223 e. The van der Waals surface area contributed by atoms with Crippen LogP contribution in [-0.2, 0) is 0 Å². The van der Waals surface area contributed by atoms with Crippen LogP contribution in [-0.4, -0.2) is 32.7 Å². The number of nitrogens with one attached hydrogen (secondary N) is 1. The molecule has 136 valence electrons. The molecule has 3 heterocycles. The van der Waals surface area contributed by atoms with E-state index in [0.717, 1.165) is 30.3 Å². The van der Waals surface area contributed by atoms with Crippen molar-refractivity contribution in [1.29, 1.82) is 0 Å². The largest absolute Gasteiger partial charge is 0.454 e. The molecule has 4 N–H and O–H groups in total. The van der Waals surface area contributed by atoms with Crippen LogP contribution in [0.15, 0.2) is 22.7 Å². The molecule has 1 aliphatic rings. The average Bonchev–Trinajstić information content (AvgIpc) is 3.20. The maximum atomic E-state index is 9.36. The number of furan rings is 1. The zero-order valence-electron chi connectivity index (χ0n) is 14.4. The van der Waals surface area contributed by atoms with Crippen molar-refractivity contribution in [2.24, 2.45) is 5.92 Å². The summed E-state index contributed by atoms with van der Waals surface area (Å²) in [5.41, 5.74) is 7.97. The number of nitrogen functional groups attached to an aromatic ring is 1. The monoisotopic (exact) mass is 373 g/mol. The quantitative estimate of drug-likeness (QED) is 0.601. The third-order valence-corrected chi connectivity index (χ3v) is 5.08. The highest BCUT2D eigenvalue weighted by Crippen LogP contribution is 2.38. The molecule has 3 aromatic heterocycles. The van der Waals surface area contributed by atoms with Crippen LogP contribution in [0.5, 0.6) is 0 Å². The van der Waals surface area contributed by atoms with Gasteiger partial charge in [0.25, 0.3) is 0 Å². The van der Waals surface area contributed by atoms with Gasteiger partial charge in [0.2, 0.25) is 5.95 Å². The van der Waals surface area contributed by atoms with Crippen molar-refractivity contribution in [3.63, 3.8) is 0 Å². The Morgan fingerprint density at radius 1 is 1.35 bits per heavy atom. The van der Waals surface area contributed by atoms with E-state index in [0.29, 0.717) is 28.6 Å². The Bertz CT molecular complexity index is 958. The molecule has 0 radical (unpaired) electrons. The van der Waals surface area contributed by atoms with E-state index < -0.39 is 0 Å². The molecule has 0 aliphatic heterocycles. The predicted molar refractivity (Wildman–Crippen MR) is 101 cm³/mol. The van der Waals surface area contributed by atoms with E-state index in [2.05, 4.69) is 20.3 Å². The molecular formula is C18H20ClN5O2. The third kappa shape index (κ3) is 3.20. The molecule has 0 unspecified atom stereocenters. The Labute approximate surface area is 155 Å². The number of fused-ring (bicyclic) bond motifs is 1. The van der Waals surface area contributed by atoms with Gasteiger partial charge in [-0.2, -0.15) is 4.98 Å². The standard InChI is InChI=1S/C18H20ClN5O2/c1-9-4-11-6-13(26-14(11)7-21-9)15-16(19)23-18(20)24-17(15)22-12-3-2-10(5-12)8-25/h4,6-7,10,12,25H,2-3,5,8H2,1H3,(H3,20,22,23,24)/t10-,12+/m1/s1. The molecule has 2 atom stereocenters. The lowest BCUT2D eigenvalue weighted by atomic mass is 10.1. The van der Waals surface area contributed by atoms with E-state index in [-0.39, 0.29) is 23.8 Å². The lowest BCUT2D eigenvalue weighted by Gasteiger charge is -2.16. The molecule has 7 nitrogen and oxygen atoms in total. The highest BCUT2D eigenvalue weighted by molar-refractivity contribution is 6.32. The Balaban J connectivity index is 1.74. The van der Waals surface area contributed by atoms with Gasteiger partial charge in [0.15, 0.2) is 5.58 Å². The van der Waals surface area contributed by atoms with Crippen molar-refractivity contribution in [2.45, 2.75) is 32.2 Å². The van der Waals surface area contributed by atoms with Crippen LogP contribution >= 0.6 is 11.6 Å². The summed E-state index contributed by atoms with van der Waals surface area (Å²) in [4.78, 5) is 12.7. The second-order valence-electron chi connectivity index (χ2n) is 6.77. The third-order valence-electron chi connectivity index (χ3n) is 4.81. The SMILES string of the molecule is Cc1cc2cc(-c3c(Cl)nc(N)nc3N[C@H]3CC[C@@H](CO)C3)oc2cn1. The number of halogens is 1. The van der Waals surface area contributed by atoms with Gasteiger partial charge in [-0.05, 0) is 44.2 Å². The second-order valence-corrected chi connectivity index (χ2v) is 7.13. The molecule has 4 rings (SSSR count). The Morgan fingerprint density at radius 2 is 2.19 bits per heavy atom. The summed E-state index contributed by atoms with van der Waals surface area (Å²) >= 11 is 6.38. The van der Waals surface area contributed by atoms with Gasteiger partial charge in [-0.15, -0.1) is 0 Å². The number of anilines is 2. The minimum Gasteiger partial charge on any atom is -0.454 e. The van der Waals surface area contributed by atoms with E-state index >= 15 is 0 Å². The van der Waals surface area contributed by atoms with E-state index in [9.17, 15) is 5.11 Å². The van der Waals surface area contributed by atoms with Gasteiger partial charge in [0.05, 0.1) is 11.8 Å². The molecule has 1 aliphatic carbocycles. The van der Waals surface area contributed by atoms with Crippen LogP contribution in [0.25, 0.3) is 22.3 Å². The van der Waals surface area contributed by atoms with Gasteiger partial charge in [-0.3, -0.25) is 4.98 Å². The minimum absolute atomic E-state index is 0.103. The van der Waals surface area contributed by atoms with Crippen molar-refractivity contribution in [3.8, 4) is 11.3 Å². The first kappa shape index (κ1) is 17.1. The molecule has 1 fully saturated rings. The van der Waals surface area contributed by atoms with E-state index in [1.807, 2.05) is 19.1 Å². The summed E-state index contributed by atoms with van der Waals surface area (Å²) < 4.78 is 5.93. The van der Waals surface area contributed by atoms with Crippen LogP contribution in [0, 0.1) is 12.8 Å². The van der Waals surface area contributed by atoms with Gasteiger partial charge < -0.3 is 20.6 Å². The predicted octanol–water partition coefficient (Wildman–Crippen LogP) is 3.40. The molecule has 0 aromatic carbocycles. The molecule has 26 heavy (non-hydrogen) atoms. The lowest BCUT2D eigenvalue weighted by Crippen LogP contribution is -2.18. The number of rotatable bonds is 4. The summed E-state index contributed by atoms with van der Waals surface area (Å²) in [6, 6.07) is 4.05. The van der Waals surface area contributed by atoms with Crippen molar-refractivity contribution >= 4 is 34.3 Å². The molecule has 0 bridgehead atoms. The number of aliphatic hydroxyl groups excluding tert-OH is 1. The molecule has 0 amide bonds. The highest BCUT2D eigenvalue weighted by atomic mass is 35.5. The fourth-order valence-corrected chi connectivity index (χ4v) is 3.79.